The molecule has 0 heterocycles. The van der Waals surface area contributed by atoms with Crippen LogP contribution >= 0.6 is 0 Å². The molecule has 1 aliphatic carbocycles. The van der Waals surface area contributed by atoms with Crippen LogP contribution in [0.15, 0.2) is 0 Å². The second-order valence-electron chi connectivity index (χ2n) is 6.31. The van der Waals surface area contributed by atoms with Crippen LogP contribution in [0, 0.1) is 16.7 Å². The number of hydrogen-bond acceptors (Lipinski definition) is 2. The molecular formula is C13H28N2. The van der Waals surface area contributed by atoms with E-state index in [4.69, 9.17) is 0 Å². The van der Waals surface area contributed by atoms with Crippen molar-refractivity contribution in [2.24, 2.45) is 16.7 Å². The van der Waals surface area contributed by atoms with Crippen LogP contribution in [0.2, 0.25) is 0 Å². The van der Waals surface area contributed by atoms with E-state index in [2.05, 4.69) is 52.2 Å². The highest BCUT2D eigenvalue weighted by Crippen LogP contribution is 2.67. The Morgan fingerprint density at radius 2 is 1.53 bits per heavy atom. The monoisotopic (exact) mass is 212 g/mol. The molecule has 0 atom stereocenters. The minimum atomic E-state index is 0.519. The molecule has 0 aromatic rings. The molecule has 1 aliphatic rings. The Hall–Kier alpha value is -0.0800. The smallest absolute Gasteiger partial charge is 0.00790 e. The maximum absolute atomic E-state index is 3.55. The van der Waals surface area contributed by atoms with Gasteiger partial charge in [0.05, 0.1) is 0 Å². The molecule has 1 fully saturated rings. The van der Waals surface area contributed by atoms with Crippen LogP contribution < -0.4 is 10.6 Å². The minimum absolute atomic E-state index is 0.519. The summed E-state index contributed by atoms with van der Waals surface area (Å²) in [5.74, 6) is 0.837. The Bertz CT molecular complexity index is 193. The van der Waals surface area contributed by atoms with Crippen LogP contribution in [0.3, 0.4) is 0 Å². The average molecular weight is 212 g/mol. The van der Waals surface area contributed by atoms with Gasteiger partial charge in [0.25, 0.3) is 0 Å². The normalized spacial score (nSPS) is 23.4. The Morgan fingerprint density at radius 1 is 1.00 bits per heavy atom. The summed E-state index contributed by atoms with van der Waals surface area (Å²) in [6, 6.07) is 0.598. The molecule has 2 nitrogen and oxygen atoms in total. The van der Waals surface area contributed by atoms with Gasteiger partial charge in [0.1, 0.15) is 0 Å². The largest absolute Gasteiger partial charge is 0.315 e. The van der Waals surface area contributed by atoms with E-state index < -0.39 is 0 Å². The van der Waals surface area contributed by atoms with Gasteiger partial charge in [-0.05, 0) is 23.3 Å². The van der Waals surface area contributed by atoms with Crippen molar-refractivity contribution in [3.8, 4) is 0 Å². The van der Waals surface area contributed by atoms with E-state index in [1.807, 2.05) is 0 Å². The third-order valence-electron chi connectivity index (χ3n) is 4.52. The van der Waals surface area contributed by atoms with Gasteiger partial charge in [-0.3, -0.25) is 0 Å². The molecule has 0 aliphatic heterocycles. The summed E-state index contributed by atoms with van der Waals surface area (Å²) >= 11 is 0. The van der Waals surface area contributed by atoms with Crippen LogP contribution in [0.4, 0.5) is 0 Å². The van der Waals surface area contributed by atoms with Crippen molar-refractivity contribution >= 4 is 0 Å². The zero-order valence-electron chi connectivity index (χ0n) is 11.3. The van der Waals surface area contributed by atoms with E-state index in [1.165, 1.54) is 6.54 Å². The van der Waals surface area contributed by atoms with Gasteiger partial charge in [-0.1, -0.05) is 41.5 Å². The van der Waals surface area contributed by atoms with Crippen molar-refractivity contribution in [1.29, 1.82) is 0 Å². The van der Waals surface area contributed by atoms with E-state index in [1.54, 1.807) is 0 Å². The maximum atomic E-state index is 3.55. The Morgan fingerprint density at radius 3 is 1.93 bits per heavy atom. The Balaban J connectivity index is 2.08. The summed E-state index contributed by atoms with van der Waals surface area (Å²) in [6.45, 7) is 17.2. The van der Waals surface area contributed by atoms with Gasteiger partial charge >= 0.3 is 0 Å². The molecule has 0 bridgehead atoms. The number of nitrogens with one attached hydrogen (secondary N) is 2. The first kappa shape index (κ1) is 13.0. The molecule has 1 rings (SSSR count). The first-order valence-electron chi connectivity index (χ1n) is 6.24. The summed E-state index contributed by atoms with van der Waals surface area (Å²) in [6.07, 6.45) is 0. The van der Waals surface area contributed by atoms with E-state index in [0.717, 1.165) is 19.0 Å². The zero-order chi connectivity index (χ0) is 11.7. The molecule has 90 valence electrons. The van der Waals surface area contributed by atoms with Gasteiger partial charge in [0.2, 0.25) is 0 Å². The first-order chi connectivity index (χ1) is 6.80. The molecule has 1 saturated carbocycles. The predicted octanol–water partition coefficient (Wildman–Crippen LogP) is 2.26. The third kappa shape index (κ3) is 2.73. The molecule has 0 aromatic heterocycles. The lowest BCUT2D eigenvalue weighted by Crippen LogP contribution is -2.32. The molecule has 0 radical (unpaired) electrons. The summed E-state index contributed by atoms with van der Waals surface area (Å²) in [4.78, 5) is 0. The molecule has 15 heavy (non-hydrogen) atoms. The minimum Gasteiger partial charge on any atom is -0.315 e. The molecule has 0 spiro atoms. The standard InChI is InChI=1S/C13H28N2/c1-10(2)15-8-7-14-9-11-12(3,4)13(11,5)6/h10-11,14-15H,7-9H2,1-6H3. The maximum Gasteiger partial charge on any atom is 0.00790 e. The molecule has 0 amide bonds. The Labute approximate surface area is 95.2 Å². The van der Waals surface area contributed by atoms with Gasteiger partial charge in [0.15, 0.2) is 0 Å². The fourth-order valence-electron chi connectivity index (χ4n) is 2.54. The highest BCUT2D eigenvalue weighted by molar-refractivity contribution is 5.12. The van der Waals surface area contributed by atoms with Gasteiger partial charge in [-0.2, -0.15) is 0 Å². The van der Waals surface area contributed by atoms with Crippen LogP contribution in [-0.2, 0) is 0 Å². The lowest BCUT2D eigenvalue weighted by atomic mass is 10.0. The zero-order valence-corrected chi connectivity index (χ0v) is 11.3. The summed E-state index contributed by atoms with van der Waals surface area (Å²) in [5.41, 5.74) is 1.04. The van der Waals surface area contributed by atoms with Gasteiger partial charge in [-0.15, -0.1) is 0 Å². The Kier molecular flexibility index (Phi) is 3.83. The van der Waals surface area contributed by atoms with E-state index in [0.29, 0.717) is 16.9 Å². The van der Waals surface area contributed by atoms with E-state index in [-0.39, 0.29) is 0 Å². The van der Waals surface area contributed by atoms with Crippen LogP contribution in [-0.4, -0.2) is 25.7 Å². The second-order valence-corrected chi connectivity index (χ2v) is 6.31. The first-order valence-corrected chi connectivity index (χ1v) is 6.24. The van der Waals surface area contributed by atoms with Gasteiger partial charge in [0, 0.05) is 19.1 Å². The van der Waals surface area contributed by atoms with Crippen molar-refractivity contribution in [3.05, 3.63) is 0 Å². The molecule has 2 N–H and O–H groups in total. The molecule has 2 heteroatoms. The highest BCUT2D eigenvalue weighted by Gasteiger charge is 2.63. The van der Waals surface area contributed by atoms with Crippen molar-refractivity contribution in [2.45, 2.75) is 47.6 Å². The van der Waals surface area contributed by atoms with Crippen LogP contribution in [0.5, 0.6) is 0 Å². The van der Waals surface area contributed by atoms with Crippen molar-refractivity contribution < 1.29 is 0 Å². The number of rotatable bonds is 6. The topological polar surface area (TPSA) is 24.1 Å². The van der Waals surface area contributed by atoms with Gasteiger partial charge < -0.3 is 10.6 Å². The van der Waals surface area contributed by atoms with Crippen molar-refractivity contribution in [1.82, 2.24) is 10.6 Å². The lowest BCUT2D eigenvalue weighted by molar-refractivity contribution is 0.457. The summed E-state index contributed by atoms with van der Waals surface area (Å²) < 4.78 is 0. The van der Waals surface area contributed by atoms with E-state index in [9.17, 15) is 0 Å². The fourth-order valence-corrected chi connectivity index (χ4v) is 2.54. The lowest BCUT2D eigenvalue weighted by Gasteiger charge is -2.09. The van der Waals surface area contributed by atoms with Crippen LogP contribution in [0.25, 0.3) is 0 Å². The average Bonchev–Trinajstić information content (AvgIpc) is 2.45. The van der Waals surface area contributed by atoms with Crippen LogP contribution in [0.1, 0.15) is 41.5 Å². The van der Waals surface area contributed by atoms with Gasteiger partial charge in [-0.25, -0.2) is 0 Å². The second kappa shape index (κ2) is 4.42. The third-order valence-corrected chi connectivity index (χ3v) is 4.52. The van der Waals surface area contributed by atoms with E-state index >= 15 is 0 Å². The summed E-state index contributed by atoms with van der Waals surface area (Å²) in [5, 5.41) is 6.97. The molecule has 0 saturated heterocycles. The fraction of sp³-hybridized carbons (Fsp3) is 1.00. The summed E-state index contributed by atoms with van der Waals surface area (Å²) in [7, 11) is 0. The molecule has 0 aromatic carbocycles. The SMILES string of the molecule is CC(C)NCCNCC1C(C)(C)C1(C)C. The predicted molar refractivity (Wildman–Crippen MR) is 67.1 cm³/mol. The van der Waals surface area contributed by atoms with Crippen molar-refractivity contribution in [3.63, 3.8) is 0 Å². The van der Waals surface area contributed by atoms with Crippen molar-refractivity contribution in [2.75, 3.05) is 19.6 Å². The highest BCUT2D eigenvalue weighted by atomic mass is 15.0. The molecule has 0 unspecified atom stereocenters. The molecular weight excluding hydrogens is 184 g/mol. The number of hydrogen-bond donors (Lipinski definition) is 2. The quantitative estimate of drug-likeness (QED) is 0.660.